The summed E-state index contributed by atoms with van der Waals surface area (Å²) in [4.78, 5) is 15.1. The van der Waals surface area contributed by atoms with Crippen LogP contribution in [0.2, 0.25) is 0 Å². The lowest BCUT2D eigenvalue weighted by Gasteiger charge is -2.28. The standard InChI is InChI=1S/C24H27N5OS/c1-3-17-4-2-6-20(19(17)5-1)22-23-21(26-24(27-22)29-11-13-30-14-12-29)18(16-31-23)15-28-9-7-25-8-10-28/h1-2,4-6,16,25H,3,7-15H2. The summed E-state index contributed by atoms with van der Waals surface area (Å²) in [5.74, 6) is 0.838. The first-order chi connectivity index (χ1) is 15.4. The fourth-order valence-corrected chi connectivity index (χ4v) is 5.76. The summed E-state index contributed by atoms with van der Waals surface area (Å²) in [6.45, 7) is 8.39. The minimum absolute atomic E-state index is 0.734. The number of aromatic nitrogens is 2. The average Bonchev–Trinajstić information content (AvgIpc) is 3.47. The van der Waals surface area contributed by atoms with Crippen LogP contribution < -0.4 is 10.2 Å². The van der Waals surface area contributed by atoms with Crippen molar-refractivity contribution in [1.29, 1.82) is 0 Å². The van der Waals surface area contributed by atoms with E-state index in [9.17, 15) is 0 Å². The second-order valence-corrected chi connectivity index (χ2v) is 9.30. The van der Waals surface area contributed by atoms with E-state index >= 15 is 0 Å². The number of thiophene rings is 1. The van der Waals surface area contributed by atoms with Crippen LogP contribution in [0.1, 0.15) is 16.7 Å². The molecule has 160 valence electrons. The van der Waals surface area contributed by atoms with Gasteiger partial charge in [-0.1, -0.05) is 30.4 Å². The van der Waals surface area contributed by atoms with Gasteiger partial charge in [-0.15, -0.1) is 11.3 Å². The highest BCUT2D eigenvalue weighted by Crippen LogP contribution is 2.39. The van der Waals surface area contributed by atoms with Gasteiger partial charge in [0, 0.05) is 56.9 Å². The minimum atomic E-state index is 0.734. The predicted octanol–water partition coefficient (Wildman–Crippen LogP) is 3.17. The van der Waals surface area contributed by atoms with E-state index in [0.717, 1.165) is 82.6 Å². The van der Waals surface area contributed by atoms with Gasteiger partial charge in [-0.3, -0.25) is 4.90 Å². The quantitative estimate of drug-likeness (QED) is 0.682. The molecule has 1 aromatic carbocycles. The third-order valence-corrected chi connectivity index (χ3v) is 7.47. The van der Waals surface area contributed by atoms with Gasteiger partial charge in [-0.25, -0.2) is 9.97 Å². The van der Waals surface area contributed by atoms with Crippen LogP contribution >= 0.6 is 11.3 Å². The monoisotopic (exact) mass is 433 g/mol. The summed E-state index contributed by atoms with van der Waals surface area (Å²) in [5, 5.41) is 5.75. The summed E-state index contributed by atoms with van der Waals surface area (Å²) in [7, 11) is 0. The lowest BCUT2D eigenvalue weighted by molar-refractivity contribution is 0.122. The average molecular weight is 434 g/mol. The number of ether oxygens (including phenoxy) is 1. The van der Waals surface area contributed by atoms with Crippen molar-refractivity contribution in [2.75, 3.05) is 57.4 Å². The second kappa shape index (κ2) is 8.31. The van der Waals surface area contributed by atoms with E-state index in [-0.39, 0.29) is 0 Å². The second-order valence-electron chi connectivity index (χ2n) is 8.42. The van der Waals surface area contributed by atoms with Crippen molar-refractivity contribution in [2.24, 2.45) is 0 Å². The Bertz CT molecular complexity index is 1130. The van der Waals surface area contributed by atoms with Gasteiger partial charge in [-0.05, 0) is 22.9 Å². The molecule has 0 radical (unpaired) electrons. The molecular formula is C24H27N5OS. The molecule has 0 unspecified atom stereocenters. The van der Waals surface area contributed by atoms with Crippen LogP contribution in [-0.4, -0.2) is 67.4 Å². The van der Waals surface area contributed by atoms with Gasteiger partial charge < -0.3 is 15.0 Å². The lowest BCUT2D eigenvalue weighted by Crippen LogP contribution is -2.42. The van der Waals surface area contributed by atoms with Gasteiger partial charge in [0.2, 0.25) is 5.95 Å². The van der Waals surface area contributed by atoms with E-state index in [1.807, 2.05) is 0 Å². The number of anilines is 1. The lowest BCUT2D eigenvalue weighted by atomic mass is 10.0. The summed E-state index contributed by atoms with van der Waals surface area (Å²) in [6, 6.07) is 6.61. The molecular weight excluding hydrogens is 406 g/mol. The summed E-state index contributed by atoms with van der Waals surface area (Å²) >= 11 is 1.79. The van der Waals surface area contributed by atoms with Crippen LogP contribution in [0.3, 0.4) is 0 Å². The van der Waals surface area contributed by atoms with Gasteiger partial charge in [0.25, 0.3) is 0 Å². The molecule has 3 aromatic rings. The number of morpholine rings is 1. The molecule has 2 fully saturated rings. The Labute approximate surface area is 186 Å². The fourth-order valence-electron chi connectivity index (χ4n) is 4.76. The van der Waals surface area contributed by atoms with Gasteiger partial charge in [0.05, 0.1) is 29.1 Å². The zero-order valence-corrected chi connectivity index (χ0v) is 18.5. The Hall–Kier alpha value is -2.32. The molecule has 0 amide bonds. The molecule has 2 aromatic heterocycles. The molecule has 31 heavy (non-hydrogen) atoms. The Morgan fingerprint density at radius 3 is 2.81 bits per heavy atom. The minimum Gasteiger partial charge on any atom is -0.378 e. The van der Waals surface area contributed by atoms with E-state index in [0.29, 0.717) is 0 Å². The number of nitrogens with zero attached hydrogens (tertiary/aromatic N) is 4. The van der Waals surface area contributed by atoms with Gasteiger partial charge in [-0.2, -0.15) is 0 Å². The van der Waals surface area contributed by atoms with E-state index in [1.54, 1.807) is 11.3 Å². The van der Waals surface area contributed by atoms with Crippen molar-refractivity contribution in [3.63, 3.8) is 0 Å². The van der Waals surface area contributed by atoms with E-state index in [2.05, 4.69) is 50.8 Å². The van der Waals surface area contributed by atoms with Gasteiger partial charge in [0.1, 0.15) is 0 Å². The number of hydrogen-bond acceptors (Lipinski definition) is 7. The van der Waals surface area contributed by atoms with Crippen LogP contribution in [0.25, 0.3) is 27.6 Å². The molecule has 6 rings (SSSR count). The predicted molar refractivity (Wildman–Crippen MR) is 127 cm³/mol. The zero-order chi connectivity index (χ0) is 20.6. The van der Waals surface area contributed by atoms with Crippen molar-refractivity contribution in [1.82, 2.24) is 20.2 Å². The highest BCUT2D eigenvalue weighted by Gasteiger charge is 2.23. The summed E-state index contributed by atoms with van der Waals surface area (Å²) < 4.78 is 6.78. The van der Waals surface area contributed by atoms with E-state index in [4.69, 9.17) is 14.7 Å². The molecule has 3 aliphatic rings. The Morgan fingerprint density at radius 1 is 1.06 bits per heavy atom. The highest BCUT2D eigenvalue weighted by molar-refractivity contribution is 7.17. The molecule has 0 spiro atoms. The molecule has 7 heteroatoms. The number of piperazine rings is 1. The maximum absolute atomic E-state index is 5.58. The van der Waals surface area contributed by atoms with Crippen LogP contribution in [0.4, 0.5) is 5.95 Å². The number of benzene rings is 1. The number of fused-ring (bicyclic) bond motifs is 2. The van der Waals surface area contributed by atoms with Crippen LogP contribution in [0.15, 0.2) is 29.7 Å². The first kappa shape index (κ1) is 19.4. The normalized spacial score (nSPS) is 19.3. The summed E-state index contributed by atoms with van der Waals surface area (Å²) in [6.07, 6.45) is 5.51. The van der Waals surface area contributed by atoms with Crippen molar-refractivity contribution < 1.29 is 4.74 Å². The molecule has 0 atom stereocenters. The largest absolute Gasteiger partial charge is 0.378 e. The third kappa shape index (κ3) is 3.65. The highest BCUT2D eigenvalue weighted by atomic mass is 32.1. The smallest absolute Gasteiger partial charge is 0.226 e. The number of rotatable bonds is 4. The fraction of sp³-hybridized carbons (Fsp3) is 0.417. The van der Waals surface area contributed by atoms with Crippen LogP contribution in [0, 0.1) is 0 Å². The van der Waals surface area contributed by atoms with Gasteiger partial charge >= 0.3 is 0 Å². The van der Waals surface area contributed by atoms with Crippen molar-refractivity contribution >= 4 is 33.6 Å². The molecule has 0 saturated carbocycles. The van der Waals surface area contributed by atoms with E-state index < -0.39 is 0 Å². The topological polar surface area (TPSA) is 53.5 Å². The summed E-state index contributed by atoms with van der Waals surface area (Å²) in [5.41, 5.74) is 7.44. The van der Waals surface area contributed by atoms with Crippen LogP contribution in [-0.2, 0) is 17.7 Å². The van der Waals surface area contributed by atoms with Crippen LogP contribution in [0.5, 0.6) is 0 Å². The zero-order valence-electron chi connectivity index (χ0n) is 17.6. The number of hydrogen-bond donors (Lipinski definition) is 1. The third-order valence-electron chi connectivity index (χ3n) is 6.45. The van der Waals surface area contributed by atoms with Crippen molar-refractivity contribution in [3.8, 4) is 11.3 Å². The maximum Gasteiger partial charge on any atom is 0.226 e. The van der Waals surface area contributed by atoms with Crippen molar-refractivity contribution in [2.45, 2.75) is 13.0 Å². The maximum atomic E-state index is 5.58. The molecule has 1 aliphatic carbocycles. The molecule has 1 N–H and O–H groups in total. The first-order valence-corrected chi connectivity index (χ1v) is 12.1. The van der Waals surface area contributed by atoms with Crippen molar-refractivity contribution in [3.05, 3.63) is 46.3 Å². The Balaban J connectivity index is 1.48. The Morgan fingerprint density at radius 2 is 1.94 bits per heavy atom. The molecule has 4 heterocycles. The Kier molecular flexibility index (Phi) is 5.20. The molecule has 2 saturated heterocycles. The van der Waals surface area contributed by atoms with E-state index in [1.165, 1.54) is 27.0 Å². The number of nitrogens with one attached hydrogen (secondary N) is 1. The SMILES string of the molecule is C1=Cc2c(cccc2-c2nc(N3CCOCC3)nc3c(CN4CCNCC4)csc23)C1. The van der Waals surface area contributed by atoms with Gasteiger partial charge in [0.15, 0.2) is 0 Å². The number of allylic oxidation sites excluding steroid dienone is 1. The molecule has 0 bridgehead atoms. The molecule has 2 aliphatic heterocycles. The first-order valence-electron chi connectivity index (χ1n) is 11.2. The molecule has 6 nitrogen and oxygen atoms in total.